The maximum Gasteiger partial charge on any atom is 0.0727 e. The van der Waals surface area contributed by atoms with Gasteiger partial charge in [0.15, 0.2) is 0 Å². The quantitative estimate of drug-likeness (QED) is 0.297. The fourth-order valence-corrected chi connectivity index (χ4v) is 5.22. The Bertz CT molecular complexity index is 1430. The van der Waals surface area contributed by atoms with Crippen LogP contribution in [0.15, 0.2) is 91.0 Å². The number of para-hydroxylation sites is 1. The number of nitrogens with zero attached hydrogens (tertiary/aromatic N) is 1. The second-order valence-electron chi connectivity index (χ2n) is 6.66. The van der Waals surface area contributed by atoms with Gasteiger partial charge in [0.2, 0.25) is 0 Å². The molecular formula is C24H15NS. The van der Waals surface area contributed by atoms with Gasteiger partial charge in [0, 0.05) is 21.2 Å². The summed E-state index contributed by atoms with van der Waals surface area (Å²) in [5.74, 6) is 0. The van der Waals surface area contributed by atoms with Gasteiger partial charge in [-0.1, -0.05) is 66.7 Å². The van der Waals surface area contributed by atoms with Crippen LogP contribution in [0.4, 0.5) is 0 Å². The third-order valence-electron chi connectivity index (χ3n) is 5.17. The summed E-state index contributed by atoms with van der Waals surface area (Å²) in [6, 6.07) is 32.8. The first-order chi connectivity index (χ1) is 12.9. The van der Waals surface area contributed by atoms with Crippen LogP contribution in [-0.4, -0.2) is 4.57 Å². The van der Waals surface area contributed by atoms with Gasteiger partial charge in [0.1, 0.15) is 0 Å². The van der Waals surface area contributed by atoms with E-state index in [1.807, 2.05) is 11.3 Å². The van der Waals surface area contributed by atoms with Crippen molar-refractivity contribution in [2.45, 2.75) is 0 Å². The highest BCUT2D eigenvalue weighted by atomic mass is 32.1. The molecule has 0 unspecified atom stereocenters. The van der Waals surface area contributed by atoms with E-state index in [1.54, 1.807) is 0 Å². The molecule has 6 rings (SSSR count). The van der Waals surface area contributed by atoms with Crippen molar-refractivity contribution in [1.82, 2.24) is 4.57 Å². The number of aromatic nitrogens is 1. The Balaban J connectivity index is 1.82. The second-order valence-corrected chi connectivity index (χ2v) is 7.71. The zero-order valence-corrected chi connectivity index (χ0v) is 14.8. The Kier molecular flexibility index (Phi) is 2.82. The van der Waals surface area contributed by atoms with Gasteiger partial charge in [0.05, 0.1) is 15.7 Å². The van der Waals surface area contributed by atoms with Crippen LogP contribution >= 0.6 is 11.3 Å². The standard InChI is InChI=1S/C24H15NS/c1-2-8-17-15-18(14-13-16(17)7-1)25-21-11-5-3-9-19(21)24-23(25)20-10-4-6-12-22(20)26-24/h1-15H. The third-order valence-corrected chi connectivity index (χ3v) is 6.37. The minimum Gasteiger partial charge on any atom is -0.308 e. The first-order valence-corrected chi connectivity index (χ1v) is 9.62. The number of hydrogen-bond donors (Lipinski definition) is 0. The summed E-state index contributed by atoms with van der Waals surface area (Å²) in [4.78, 5) is 0. The lowest BCUT2D eigenvalue weighted by Crippen LogP contribution is -1.93. The summed E-state index contributed by atoms with van der Waals surface area (Å²) in [7, 11) is 0. The van der Waals surface area contributed by atoms with Crippen LogP contribution in [0.5, 0.6) is 0 Å². The first kappa shape index (κ1) is 14.1. The van der Waals surface area contributed by atoms with E-state index in [0.717, 1.165) is 0 Å². The van der Waals surface area contributed by atoms with Gasteiger partial charge >= 0.3 is 0 Å². The molecule has 4 aromatic carbocycles. The number of rotatable bonds is 1. The molecule has 0 aliphatic heterocycles. The van der Waals surface area contributed by atoms with Crippen molar-refractivity contribution in [3.05, 3.63) is 91.0 Å². The summed E-state index contributed by atoms with van der Waals surface area (Å²) < 4.78 is 5.14. The fourth-order valence-electron chi connectivity index (χ4n) is 4.00. The van der Waals surface area contributed by atoms with E-state index in [1.165, 1.54) is 47.7 Å². The lowest BCUT2D eigenvalue weighted by molar-refractivity contribution is 1.19. The van der Waals surface area contributed by atoms with Gasteiger partial charge in [-0.05, 0) is 35.0 Å². The Labute approximate surface area is 154 Å². The smallest absolute Gasteiger partial charge is 0.0727 e. The van der Waals surface area contributed by atoms with Crippen molar-refractivity contribution in [2.75, 3.05) is 0 Å². The Morgan fingerprint density at radius 3 is 2.27 bits per heavy atom. The highest BCUT2D eigenvalue weighted by Gasteiger charge is 2.17. The van der Waals surface area contributed by atoms with Crippen LogP contribution in [0, 0.1) is 0 Å². The highest BCUT2D eigenvalue weighted by molar-refractivity contribution is 7.26. The van der Waals surface area contributed by atoms with Crippen molar-refractivity contribution in [1.29, 1.82) is 0 Å². The van der Waals surface area contributed by atoms with Crippen LogP contribution < -0.4 is 0 Å². The summed E-state index contributed by atoms with van der Waals surface area (Å²) in [6.07, 6.45) is 0. The predicted molar refractivity (Wildman–Crippen MR) is 114 cm³/mol. The van der Waals surface area contributed by atoms with Crippen LogP contribution in [-0.2, 0) is 0 Å². The number of thiophene rings is 1. The van der Waals surface area contributed by atoms with Crippen LogP contribution in [0.1, 0.15) is 0 Å². The van der Waals surface area contributed by atoms with Gasteiger partial charge in [-0.25, -0.2) is 0 Å². The molecule has 0 amide bonds. The molecule has 0 saturated carbocycles. The highest BCUT2D eigenvalue weighted by Crippen LogP contribution is 2.42. The molecule has 26 heavy (non-hydrogen) atoms. The van der Waals surface area contributed by atoms with Crippen LogP contribution in [0.2, 0.25) is 0 Å². The van der Waals surface area contributed by atoms with Crippen LogP contribution in [0.25, 0.3) is 47.7 Å². The monoisotopic (exact) mass is 349 g/mol. The van der Waals surface area contributed by atoms with E-state index in [-0.39, 0.29) is 0 Å². The summed E-state index contributed by atoms with van der Waals surface area (Å²) in [6.45, 7) is 0. The molecule has 6 aromatic rings. The van der Waals surface area contributed by atoms with E-state index >= 15 is 0 Å². The average molecular weight is 349 g/mol. The van der Waals surface area contributed by atoms with Crippen LogP contribution in [0.3, 0.4) is 0 Å². The third kappa shape index (κ3) is 1.85. The SMILES string of the molecule is c1ccc2cc(-n3c4ccccc4c4sc5ccccc5c43)ccc2c1. The number of hydrogen-bond acceptors (Lipinski definition) is 1. The Morgan fingerprint density at radius 2 is 1.35 bits per heavy atom. The molecule has 2 aromatic heterocycles. The molecule has 0 bridgehead atoms. The van der Waals surface area contributed by atoms with Crippen molar-refractivity contribution >= 4 is 53.3 Å². The summed E-state index contributed by atoms with van der Waals surface area (Å²) >= 11 is 1.89. The van der Waals surface area contributed by atoms with E-state index in [0.29, 0.717) is 0 Å². The van der Waals surface area contributed by atoms with Crippen molar-refractivity contribution in [3.63, 3.8) is 0 Å². The molecule has 0 radical (unpaired) electrons. The fraction of sp³-hybridized carbons (Fsp3) is 0. The van der Waals surface area contributed by atoms with Gasteiger partial charge in [-0.15, -0.1) is 11.3 Å². The predicted octanol–water partition coefficient (Wildman–Crippen LogP) is 7.15. The lowest BCUT2D eigenvalue weighted by atomic mass is 10.1. The molecule has 0 aliphatic rings. The molecular weight excluding hydrogens is 334 g/mol. The molecule has 0 spiro atoms. The zero-order chi connectivity index (χ0) is 17.1. The minimum atomic E-state index is 1.22. The lowest BCUT2D eigenvalue weighted by Gasteiger charge is -2.09. The molecule has 0 aliphatic carbocycles. The molecule has 2 heterocycles. The Hall–Kier alpha value is -3.10. The summed E-state index contributed by atoms with van der Waals surface area (Å²) in [5.41, 5.74) is 3.82. The molecule has 0 saturated heterocycles. The molecule has 122 valence electrons. The second kappa shape index (κ2) is 5.20. The molecule has 2 heteroatoms. The molecule has 0 atom stereocenters. The van der Waals surface area contributed by atoms with E-state index in [4.69, 9.17) is 0 Å². The molecule has 1 nitrogen and oxygen atoms in total. The maximum atomic E-state index is 2.43. The average Bonchev–Trinajstić information content (AvgIpc) is 3.22. The number of fused-ring (bicyclic) bond motifs is 6. The van der Waals surface area contributed by atoms with E-state index in [2.05, 4.69) is 95.6 Å². The minimum absolute atomic E-state index is 1.22. The maximum absolute atomic E-state index is 2.43. The molecule has 0 N–H and O–H groups in total. The Morgan fingerprint density at radius 1 is 0.615 bits per heavy atom. The van der Waals surface area contributed by atoms with Gasteiger partial charge < -0.3 is 4.57 Å². The normalized spacial score (nSPS) is 11.8. The molecule has 0 fully saturated rings. The van der Waals surface area contributed by atoms with Gasteiger partial charge in [-0.3, -0.25) is 0 Å². The van der Waals surface area contributed by atoms with Gasteiger partial charge in [-0.2, -0.15) is 0 Å². The topological polar surface area (TPSA) is 4.93 Å². The van der Waals surface area contributed by atoms with E-state index in [9.17, 15) is 0 Å². The van der Waals surface area contributed by atoms with Crippen molar-refractivity contribution < 1.29 is 0 Å². The van der Waals surface area contributed by atoms with E-state index < -0.39 is 0 Å². The zero-order valence-electron chi connectivity index (χ0n) is 14.0. The van der Waals surface area contributed by atoms with Gasteiger partial charge in [0.25, 0.3) is 0 Å². The van der Waals surface area contributed by atoms with Crippen molar-refractivity contribution in [2.24, 2.45) is 0 Å². The first-order valence-electron chi connectivity index (χ1n) is 8.80. The largest absolute Gasteiger partial charge is 0.308 e. The number of benzene rings is 4. The summed E-state index contributed by atoms with van der Waals surface area (Å²) in [5, 5.41) is 5.21. The van der Waals surface area contributed by atoms with Crippen molar-refractivity contribution in [3.8, 4) is 5.69 Å².